The van der Waals surface area contributed by atoms with Gasteiger partial charge in [0.2, 0.25) is 0 Å². The Kier molecular flexibility index (Phi) is 6.87. The first-order valence-electron chi connectivity index (χ1n) is 9.49. The summed E-state index contributed by atoms with van der Waals surface area (Å²) in [6.07, 6.45) is 0.847. The van der Waals surface area contributed by atoms with Crippen molar-refractivity contribution in [3.8, 4) is 5.69 Å². The maximum Gasteiger partial charge on any atom is 0.305 e. The molecule has 0 saturated heterocycles. The topological polar surface area (TPSA) is 99.2 Å². The Morgan fingerprint density at radius 2 is 1.74 bits per heavy atom. The van der Waals surface area contributed by atoms with E-state index in [9.17, 15) is 9.59 Å². The third kappa shape index (κ3) is 5.00. The van der Waals surface area contributed by atoms with E-state index in [2.05, 4.69) is 10.4 Å². The Morgan fingerprint density at radius 1 is 1.13 bits per heavy atom. The maximum absolute atomic E-state index is 12.6. The van der Waals surface area contributed by atoms with Crippen molar-refractivity contribution in [1.29, 1.82) is 0 Å². The summed E-state index contributed by atoms with van der Waals surface area (Å²) in [5, 5.41) is 7.87. The smallest absolute Gasteiger partial charge is 0.305 e. The van der Waals surface area contributed by atoms with Crippen molar-refractivity contribution in [2.45, 2.75) is 26.7 Å². The van der Waals surface area contributed by atoms with Gasteiger partial charge < -0.3 is 15.8 Å². The number of anilines is 2. The van der Waals surface area contributed by atoms with Gasteiger partial charge in [-0.1, -0.05) is 23.2 Å². The Bertz CT molecular complexity index is 1120. The van der Waals surface area contributed by atoms with Gasteiger partial charge in [0.25, 0.3) is 5.91 Å². The molecule has 3 N–H and O–H groups in total. The standard InChI is InChI=1S/C22H22Cl2N4O3/c1-12-17(8-9-20(29)31-3)13(2)28(27-12)16-6-4-14(5-7-16)22(30)26-15-10-18(23)21(25)19(24)11-15/h4-7,10-11H,8-9,25H2,1-3H3,(H,26,30). The lowest BCUT2D eigenvalue weighted by molar-refractivity contribution is -0.140. The van der Waals surface area contributed by atoms with Crippen molar-refractivity contribution in [2.75, 3.05) is 18.2 Å². The number of hydrogen-bond acceptors (Lipinski definition) is 5. The first-order valence-corrected chi connectivity index (χ1v) is 10.2. The molecule has 2 aromatic carbocycles. The number of esters is 1. The van der Waals surface area contributed by atoms with Crippen LogP contribution in [0.4, 0.5) is 11.4 Å². The quantitative estimate of drug-likeness (QED) is 0.408. The summed E-state index contributed by atoms with van der Waals surface area (Å²) in [7, 11) is 1.37. The number of rotatable bonds is 6. The molecule has 3 rings (SSSR count). The van der Waals surface area contributed by atoms with E-state index in [-0.39, 0.29) is 27.6 Å². The molecule has 0 radical (unpaired) electrons. The van der Waals surface area contributed by atoms with Crippen LogP contribution in [0, 0.1) is 13.8 Å². The minimum Gasteiger partial charge on any atom is -0.469 e. The number of methoxy groups -OCH3 is 1. The van der Waals surface area contributed by atoms with Crippen molar-refractivity contribution in [3.05, 3.63) is 69.0 Å². The van der Waals surface area contributed by atoms with Gasteiger partial charge in [0.05, 0.1) is 34.2 Å². The molecule has 9 heteroatoms. The fourth-order valence-corrected chi connectivity index (χ4v) is 3.72. The second kappa shape index (κ2) is 9.41. The SMILES string of the molecule is COC(=O)CCc1c(C)nn(-c2ccc(C(=O)Nc3cc(Cl)c(N)c(Cl)c3)cc2)c1C. The molecule has 7 nitrogen and oxygen atoms in total. The highest BCUT2D eigenvalue weighted by atomic mass is 35.5. The van der Waals surface area contributed by atoms with Crippen LogP contribution in [0.15, 0.2) is 36.4 Å². The highest BCUT2D eigenvalue weighted by Crippen LogP contribution is 2.31. The number of carbonyl (C=O) groups excluding carboxylic acids is 2. The molecule has 0 bridgehead atoms. The van der Waals surface area contributed by atoms with Gasteiger partial charge >= 0.3 is 5.97 Å². The molecule has 0 unspecified atom stereocenters. The van der Waals surface area contributed by atoms with Crippen molar-refractivity contribution in [3.63, 3.8) is 0 Å². The second-order valence-electron chi connectivity index (χ2n) is 6.99. The van der Waals surface area contributed by atoms with E-state index in [1.165, 1.54) is 7.11 Å². The average Bonchev–Trinajstić information content (AvgIpc) is 3.03. The van der Waals surface area contributed by atoms with Gasteiger partial charge in [-0.15, -0.1) is 0 Å². The molecule has 0 aliphatic heterocycles. The summed E-state index contributed by atoms with van der Waals surface area (Å²) in [6.45, 7) is 3.85. The number of amides is 1. The average molecular weight is 461 g/mol. The van der Waals surface area contributed by atoms with Gasteiger partial charge in [0.1, 0.15) is 0 Å². The molecule has 0 spiro atoms. The number of ether oxygens (including phenoxy) is 1. The normalized spacial score (nSPS) is 10.7. The predicted octanol–water partition coefficient (Wildman–Crippen LogP) is 4.74. The number of aromatic nitrogens is 2. The largest absolute Gasteiger partial charge is 0.469 e. The summed E-state index contributed by atoms with van der Waals surface area (Å²) in [5.74, 6) is -0.568. The highest BCUT2D eigenvalue weighted by Gasteiger charge is 2.15. The van der Waals surface area contributed by atoms with E-state index in [1.54, 1.807) is 41.1 Å². The third-order valence-corrected chi connectivity index (χ3v) is 5.58. The zero-order valence-corrected chi connectivity index (χ0v) is 18.8. The molecule has 0 fully saturated rings. The Balaban J connectivity index is 1.77. The van der Waals surface area contributed by atoms with Gasteiger partial charge in [-0.3, -0.25) is 9.59 Å². The van der Waals surface area contributed by atoms with Crippen LogP contribution in [0.5, 0.6) is 0 Å². The molecule has 1 heterocycles. The fraction of sp³-hybridized carbons (Fsp3) is 0.227. The lowest BCUT2D eigenvalue weighted by Gasteiger charge is -2.10. The fourth-order valence-electron chi connectivity index (χ4n) is 3.23. The van der Waals surface area contributed by atoms with Gasteiger partial charge in [0.15, 0.2) is 0 Å². The maximum atomic E-state index is 12.6. The van der Waals surface area contributed by atoms with Crippen LogP contribution in [0.2, 0.25) is 10.0 Å². The van der Waals surface area contributed by atoms with Crippen LogP contribution in [0.1, 0.15) is 33.7 Å². The molecular weight excluding hydrogens is 439 g/mol. The number of aryl methyl sites for hydroxylation is 1. The lowest BCUT2D eigenvalue weighted by Crippen LogP contribution is -2.12. The monoisotopic (exact) mass is 460 g/mol. The molecule has 1 amide bonds. The Morgan fingerprint density at radius 3 is 2.32 bits per heavy atom. The van der Waals surface area contributed by atoms with Crippen LogP contribution >= 0.6 is 23.2 Å². The van der Waals surface area contributed by atoms with E-state index in [4.69, 9.17) is 33.7 Å². The van der Waals surface area contributed by atoms with Crippen molar-refractivity contribution < 1.29 is 14.3 Å². The number of halogens is 2. The van der Waals surface area contributed by atoms with E-state index < -0.39 is 0 Å². The zero-order valence-electron chi connectivity index (χ0n) is 17.3. The number of nitrogens with zero attached hydrogens (tertiary/aromatic N) is 2. The number of nitrogen functional groups attached to an aromatic ring is 1. The minimum absolute atomic E-state index is 0.259. The van der Waals surface area contributed by atoms with Gasteiger partial charge in [-0.05, 0) is 62.2 Å². The lowest BCUT2D eigenvalue weighted by atomic mass is 10.1. The summed E-state index contributed by atoms with van der Waals surface area (Å²) in [4.78, 5) is 24.0. The number of nitrogens with two attached hydrogens (primary N) is 1. The van der Waals surface area contributed by atoms with Crippen LogP contribution in [0.3, 0.4) is 0 Å². The summed E-state index contributed by atoms with van der Waals surface area (Å²) >= 11 is 12.0. The molecule has 1 aromatic heterocycles. The second-order valence-corrected chi connectivity index (χ2v) is 7.81. The molecule has 3 aromatic rings. The zero-order chi connectivity index (χ0) is 22.7. The summed E-state index contributed by atoms with van der Waals surface area (Å²) in [6, 6.07) is 10.1. The first kappa shape index (κ1) is 22.7. The number of hydrogen-bond donors (Lipinski definition) is 2. The van der Waals surface area contributed by atoms with Crippen molar-refractivity contribution in [1.82, 2.24) is 9.78 Å². The van der Waals surface area contributed by atoms with Crippen LogP contribution in [-0.4, -0.2) is 28.8 Å². The summed E-state index contributed by atoms with van der Waals surface area (Å²) in [5.41, 5.74) is 10.5. The van der Waals surface area contributed by atoms with E-state index in [0.29, 0.717) is 24.1 Å². The van der Waals surface area contributed by atoms with Crippen LogP contribution in [0.25, 0.3) is 5.69 Å². The molecule has 0 atom stereocenters. The molecule has 0 saturated carbocycles. The molecular formula is C22H22Cl2N4O3. The van der Waals surface area contributed by atoms with E-state index >= 15 is 0 Å². The van der Waals surface area contributed by atoms with Crippen LogP contribution < -0.4 is 11.1 Å². The van der Waals surface area contributed by atoms with Gasteiger partial charge in [0, 0.05) is 23.4 Å². The Hall–Kier alpha value is -3.03. The van der Waals surface area contributed by atoms with Crippen molar-refractivity contribution >= 4 is 46.5 Å². The number of nitrogens with one attached hydrogen (secondary N) is 1. The third-order valence-electron chi connectivity index (χ3n) is 4.96. The van der Waals surface area contributed by atoms with E-state index in [1.807, 2.05) is 13.8 Å². The molecule has 0 aliphatic carbocycles. The Labute approximate surface area is 190 Å². The number of benzene rings is 2. The van der Waals surface area contributed by atoms with Gasteiger partial charge in [-0.2, -0.15) is 5.10 Å². The minimum atomic E-state index is -0.310. The molecule has 31 heavy (non-hydrogen) atoms. The van der Waals surface area contributed by atoms with Crippen LogP contribution in [-0.2, 0) is 16.0 Å². The number of carbonyl (C=O) groups is 2. The first-order chi connectivity index (χ1) is 14.7. The van der Waals surface area contributed by atoms with Gasteiger partial charge in [-0.25, -0.2) is 4.68 Å². The van der Waals surface area contributed by atoms with Crippen molar-refractivity contribution in [2.24, 2.45) is 0 Å². The van der Waals surface area contributed by atoms with E-state index in [0.717, 1.165) is 22.6 Å². The predicted molar refractivity (Wildman–Crippen MR) is 122 cm³/mol. The summed E-state index contributed by atoms with van der Waals surface area (Å²) < 4.78 is 6.51. The molecule has 162 valence electrons. The highest BCUT2D eigenvalue weighted by molar-refractivity contribution is 6.39. The molecule has 0 aliphatic rings.